The summed E-state index contributed by atoms with van der Waals surface area (Å²) in [6.45, 7) is 7.45. The molecule has 1 aromatic carbocycles. The fraction of sp³-hybridized carbons (Fsp3) is 0.500. The van der Waals surface area contributed by atoms with E-state index in [9.17, 15) is 9.59 Å². The predicted octanol–water partition coefficient (Wildman–Crippen LogP) is 2.11. The minimum atomic E-state index is -0.245. The molecule has 0 saturated carbocycles. The lowest BCUT2D eigenvalue weighted by Gasteiger charge is -2.19. The van der Waals surface area contributed by atoms with Gasteiger partial charge in [-0.3, -0.25) is 14.5 Å². The molecule has 114 valence electrons. The Morgan fingerprint density at radius 1 is 0.952 bits per heavy atom. The molecule has 0 fully saturated rings. The summed E-state index contributed by atoms with van der Waals surface area (Å²) in [5.74, 6) is -0.490. The van der Waals surface area contributed by atoms with Crippen molar-refractivity contribution in [1.29, 1.82) is 0 Å². The molecule has 0 atom stereocenters. The Morgan fingerprint density at radius 2 is 1.52 bits per heavy atom. The largest absolute Gasteiger partial charge is 0.377 e. The minimum Gasteiger partial charge on any atom is -0.377 e. The summed E-state index contributed by atoms with van der Waals surface area (Å²) < 4.78 is 10.9. The summed E-state index contributed by atoms with van der Waals surface area (Å²) in [7, 11) is 0. The standard InChI is InChI=1S/C16H21NO4/c1-16(2,3)21-11-10-20-9-8-17-14(18)12-6-4-5-7-13(12)15(17)19/h4-7H,8-11H2,1-3H3. The maximum atomic E-state index is 12.1. The van der Waals surface area contributed by atoms with Crippen molar-refractivity contribution in [2.45, 2.75) is 26.4 Å². The number of imide groups is 1. The van der Waals surface area contributed by atoms with Gasteiger partial charge in [0.1, 0.15) is 0 Å². The van der Waals surface area contributed by atoms with Gasteiger partial charge in [0, 0.05) is 0 Å². The fourth-order valence-electron chi connectivity index (χ4n) is 2.11. The van der Waals surface area contributed by atoms with Crippen LogP contribution in [0.4, 0.5) is 0 Å². The molecule has 1 aliphatic rings. The van der Waals surface area contributed by atoms with Crippen molar-refractivity contribution in [2.24, 2.45) is 0 Å². The highest BCUT2D eigenvalue weighted by molar-refractivity contribution is 6.21. The van der Waals surface area contributed by atoms with Crippen LogP contribution < -0.4 is 0 Å². The number of carbonyl (C=O) groups is 2. The third-order valence-corrected chi connectivity index (χ3v) is 3.10. The van der Waals surface area contributed by atoms with Gasteiger partial charge in [0.2, 0.25) is 0 Å². The normalized spacial score (nSPS) is 14.7. The van der Waals surface area contributed by atoms with Crippen molar-refractivity contribution < 1.29 is 19.1 Å². The van der Waals surface area contributed by atoms with Gasteiger partial charge in [-0.25, -0.2) is 0 Å². The summed E-state index contributed by atoms with van der Waals surface area (Å²) in [6.07, 6.45) is 0. The maximum absolute atomic E-state index is 12.1. The van der Waals surface area contributed by atoms with Gasteiger partial charge in [-0.2, -0.15) is 0 Å². The Balaban J connectivity index is 1.76. The number of nitrogens with zero attached hydrogens (tertiary/aromatic N) is 1. The van der Waals surface area contributed by atoms with Gasteiger partial charge in [0.25, 0.3) is 11.8 Å². The van der Waals surface area contributed by atoms with Crippen LogP contribution in [0.3, 0.4) is 0 Å². The molecule has 1 aliphatic heterocycles. The van der Waals surface area contributed by atoms with Crippen LogP contribution in [0.2, 0.25) is 0 Å². The molecule has 0 saturated heterocycles. The number of benzene rings is 1. The van der Waals surface area contributed by atoms with Gasteiger partial charge in [-0.05, 0) is 32.9 Å². The first-order valence-electron chi connectivity index (χ1n) is 7.07. The van der Waals surface area contributed by atoms with Gasteiger partial charge in [-0.1, -0.05) is 12.1 Å². The van der Waals surface area contributed by atoms with E-state index >= 15 is 0 Å². The second-order valence-corrected chi connectivity index (χ2v) is 5.88. The number of hydrogen-bond donors (Lipinski definition) is 0. The summed E-state index contributed by atoms with van der Waals surface area (Å²) in [5, 5.41) is 0. The Kier molecular flexibility index (Phi) is 4.75. The Hall–Kier alpha value is -1.72. The van der Waals surface area contributed by atoms with Crippen LogP contribution in [0.25, 0.3) is 0 Å². The Labute approximate surface area is 124 Å². The Bertz CT molecular complexity index is 498. The molecule has 21 heavy (non-hydrogen) atoms. The molecular weight excluding hydrogens is 270 g/mol. The number of amides is 2. The molecule has 0 bridgehead atoms. The van der Waals surface area contributed by atoms with Crippen LogP contribution in [0.5, 0.6) is 0 Å². The highest BCUT2D eigenvalue weighted by Crippen LogP contribution is 2.21. The second kappa shape index (κ2) is 6.37. The lowest BCUT2D eigenvalue weighted by molar-refractivity contribution is -0.0357. The topological polar surface area (TPSA) is 55.8 Å². The maximum Gasteiger partial charge on any atom is 0.261 e. The molecule has 0 aliphatic carbocycles. The predicted molar refractivity (Wildman–Crippen MR) is 78.3 cm³/mol. The van der Waals surface area contributed by atoms with E-state index in [1.165, 1.54) is 4.90 Å². The molecule has 1 heterocycles. The van der Waals surface area contributed by atoms with Gasteiger partial charge in [-0.15, -0.1) is 0 Å². The molecule has 2 amide bonds. The molecule has 5 nitrogen and oxygen atoms in total. The van der Waals surface area contributed by atoms with E-state index < -0.39 is 0 Å². The molecular formula is C16H21NO4. The molecule has 0 radical (unpaired) electrons. The van der Waals surface area contributed by atoms with Crippen molar-refractivity contribution in [3.63, 3.8) is 0 Å². The van der Waals surface area contributed by atoms with Gasteiger partial charge >= 0.3 is 0 Å². The molecule has 5 heteroatoms. The second-order valence-electron chi connectivity index (χ2n) is 5.88. The number of fused-ring (bicyclic) bond motifs is 1. The molecule has 0 N–H and O–H groups in total. The van der Waals surface area contributed by atoms with E-state index in [4.69, 9.17) is 9.47 Å². The van der Waals surface area contributed by atoms with Crippen molar-refractivity contribution in [3.05, 3.63) is 35.4 Å². The number of carbonyl (C=O) groups excluding carboxylic acids is 2. The molecule has 0 unspecified atom stereocenters. The summed E-state index contributed by atoms with van der Waals surface area (Å²) in [5.41, 5.74) is 0.753. The fourth-order valence-corrected chi connectivity index (χ4v) is 2.11. The van der Waals surface area contributed by atoms with Crippen molar-refractivity contribution in [1.82, 2.24) is 4.90 Å². The monoisotopic (exact) mass is 291 g/mol. The van der Waals surface area contributed by atoms with Crippen molar-refractivity contribution in [2.75, 3.05) is 26.4 Å². The zero-order valence-electron chi connectivity index (χ0n) is 12.7. The quantitative estimate of drug-likeness (QED) is 0.595. The van der Waals surface area contributed by atoms with Gasteiger partial charge in [0.05, 0.1) is 43.1 Å². The van der Waals surface area contributed by atoms with Crippen molar-refractivity contribution in [3.8, 4) is 0 Å². The average molecular weight is 291 g/mol. The van der Waals surface area contributed by atoms with E-state index in [-0.39, 0.29) is 24.0 Å². The SMILES string of the molecule is CC(C)(C)OCCOCCN1C(=O)c2ccccc2C1=O. The van der Waals surface area contributed by atoms with E-state index in [0.717, 1.165) is 0 Å². The van der Waals surface area contributed by atoms with E-state index in [0.29, 0.717) is 30.9 Å². The highest BCUT2D eigenvalue weighted by atomic mass is 16.5. The average Bonchev–Trinajstić information content (AvgIpc) is 2.66. The molecule has 1 aromatic rings. The van der Waals surface area contributed by atoms with E-state index in [1.54, 1.807) is 24.3 Å². The zero-order chi connectivity index (χ0) is 15.5. The highest BCUT2D eigenvalue weighted by Gasteiger charge is 2.34. The first kappa shape index (κ1) is 15.7. The lowest BCUT2D eigenvalue weighted by atomic mass is 10.1. The van der Waals surface area contributed by atoms with Crippen LogP contribution in [0.1, 0.15) is 41.5 Å². The molecule has 2 rings (SSSR count). The van der Waals surface area contributed by atoms with Gasteiger partial charge < -0.3 is 9.47 Å². The zero-order valence-corrected chi connectivity index (χ0v) is 12.7. The number of hydrogen-bond acceptors (Lipinski definition) is 4. The lowest BCUT2D eigenvalue weighted by Crippen LogP contribution is -2.33. The summed E-state index contributed by atoms with van der Waals surface area (Å²) >= 11 is 0. The number of rotatable bonds is 6. The van der Waals surface area contributed by atoms with Crippen molar-refractivity contribution >= 4 is 11.8 Å². The number of ether oxygens (including phenoxy) is 2. The first-order valence-corrected chi connectivity index (χ1v) is 7.07. The van der Waals surface area contributed by atoms with Crippen LogP contribution in [0.15, 0.2) is 24.3 Å². The molecule has 0 aromatic heterocycles. The van der Waals surface area contributed by atoms with Gasteiger partial charge in [0.15, 0.2) is 0 Å². The third-order valence-electron chi connectivity index (χ3n) is 3.10. The first-order chi connectivity index (χ1) is 9.90. The van der Waals surface area contributed by atoms with Crippen LogP contribution in [-0.2, 0) is 9.47 Å². The van der Waals surface area contributed by atoms with E-state index in [1.807, 2.05) is 20.8 Å². The summed E-state index contributed by atoms with van der Waals surface area (Å²) in [4.78, 5) is 25.4. The smallest absolute Gasteiger partial charge is 0.261 e. The third kappa shape index (κ3) is 3.89. The molecule has 0 spiro atoms. The van der Waals surface area contributed by atoms with Crippen LogP contribution in [0, 0.1) is 0 Å². The summed E-state index contributed by atoms with van der Waals surface area (Å²) in [6, 6.07) is 6.86. The van der Waals surface area contributed by atoms with Crippen LogP contribution >= 0.6 is 0 Å². The Morgan fingerprint density at radius 3 is 2.05 bits per heavy atom. The van der Waals surface area contributed by atoms with E-state index in [2.05, 4.69) is 0 Å². The minimum absolute atomic E-state index is 0.189. The van der Waals surface area contributed by atoms with Crippen LogP contribution in [-0.4, -0.2) is 48.7 Å².